The monoisotopic (exact) mass is 258 g/mol. The van der Waals surface area contributed by atoms with Crippen LogP contribution in [0, 0.1) is 0 Å². The van der Waals surface area contributed by atoms with Gasteiger partial charge in [0, 0.05) is 19.8 Å². The number of nitrogens with one attached hydrogen (secondary N) is 1. The summed E-state index contributed by atoms with van der Waals surface area (Å²) in [5, 5.41) is 8.50. The smallest absolute Gasteiger partial charge is 0.183 e. The van der Waals surface area contributed by atoms with Crippen molar-refractivity contribution < 1.29 is 0 Å². The zero-order valence-corrected chi connectivity index (χ0v) is 10.9. The number of aromatic nitrogens is 3. The third kappa shape index (κ3) is 2.36. The lowest BCUT2D eigenvalue weighted by atomic mass is 10.2. The zero-order valence-electron chi connectivity index (χ0n) is 10.1. The van der Waals surface area contributed by atoms with Crippen LogP contribution < -0.4 is 5.32 Å². The number of thiazole rings is 1. The highest BCUT2D eigenvalue weighted by Gasteiger charge is 2.02. The lowest BCUT2D eigenvalue weighted by Gasteiger charge is -1.99. The first kappa shape index (κ1) is 11.2. The van der Waals surface area contributed by atoms with E-state index in [0.717, 1.165) is 23.6 Å². The SMILES string of the molecule is Cn1cc(CCNc2nc3ccccc3s2)cn1. The average molecular weight is 258 g/mol. The molecule has 0 aliphatic heterocycles. The molecule has 18 heavy (non-hydrogen) atoms. The van der Waals surface area contributed by atoms with Crippen molar-refractivity contribution in [2.75, 3.05) is 11.9 Å². The van der Waals surface area contributed by atoms with Gasteiger partial charge in [-0.2, -0.15) is 5.10 Å². The predicted molar refractivity (Wildman–Crippen MR) is 75.0 cm³/mol. The molecule has 0 unspecified atom stereocenters. The van der Waals surface area contributed by atoms with Crippen LogP contribution in [-0.4, -0.2) is 21.3 Å². The molecular weight excluding hydrogens is 244 g/mol. The van der Waals surface area contributed by atoms with Gasteiger partial charge in [0.2, 0.25) is 0 Å². The number of benzene rings is 1. The molecule has 0 radical (unpaired) electrons. The summed E-state index contributed by atoms with van der Waals surface area (Å²) < 4.78 is 3.05. The Morgan fingerprint density at radius 1 is 1.33 bits per heavy atom. The highest BCUT2D eigenvalue weighted by atomic mass is 32.1. The van der Waals surface area contributed by atoms with Gasteiger partial charge in [-0.3, -0.25) is 4.68 Å². The number of hydrogen-bond donors (Lipinski definition) is 1. The van der Waals surface area contributed by atoms with Gasteiger partial charge < -0.3 is 5.32 Å². The Bertz CT molecular complexity index is 623. The van der Waals surface area contributed by atoms with Crippen molar-refractivity contribution in [3.05, 3.63) is 42.2 Å². The molecule has 0 aliphatic rings. The van der Waals surface area contributed by atoms with Crippen LogP contribution in [0.2, 0.25) is 0 Å². The maximum Gasteiger partial charge on any atom is 0.183 e. The van der Waals surface area contributed by atoms with Gasteiger partial charge in [0.1, 0.15) is 0 Å². The van der Waals surface area contributed by atoms with Crippen LogP contribution >= 0.6 is 11.3 Å². The Hall–Kier alpha value is -1.88. The molecule has 2 aromatic heterocycles. The summed E-state index contributed by atoms with van der Waals surface area (Å²) in [4.78, 5) is 4.54. The maximum atomic E-state index is 4.54. The molecule has 0 bridgehead atoms. The number of aryl methyl sites for hydroxylation is 1. The molecule has 0 spiro atoms. The number of anilines is 1. The van der Waals surface area contributed by atoms with Crippen LogP contribution in [0.3, 0.4) is 0 Å². The highest BCUT2D eigenvalue weighted by molar-refractivity contribution is 7.22. The molecule has 0 amide bonds. The Morgan fingerprint density at radius 3 is 3.00 bits per heavy atom. The third-order valence-corrected chi connectivity index (χ3v) is 3.74. The molecule has 4 nitrogen and oxygen atoms in total. The van der Waals surface area contributed by atoms with Crippen LogP contribution in [0.5, 0.6) is 0 Å². The van der Waals surface area contributed by atoms with Crippen LogP contribution in [-0.2, 0) is 13.5 Å². The van der Waals surface area contributed by atoms with Crippen LogP contribution in [0.4, 0.5) is 5.13 Å². The van der Waals surface area contributed by atoms with E-state index in [2.05, 4.69) is 21.5 Å². The topological polar surface area (TPSA) is 42.7 Å². The second kappa shape index (κ2) is 4.78. The molecule has 0 fully saturated rings. The largest absolute Gasteiger partial charge is 0.361 e. The van der Waals surface area contributed by atoms with Crippen molar-refractivity contribution in [1.29, 1.82) is 0 Å². The number of nitrogens with zero attached hydrogens (tertiary/aromatic N) is 3. The van der Waals surface area contributed by atoms with Crippen LogP contribution in [0.15, 0.2) is 36.7 Å². The van der Waals surface area contributed by atoms with Crippen molar-refractivity contribution in [3.63, 3.8) is 0 Å². The molecule has 1 aromatic carbocycles. The van der Waals surface area contributed by atoms with Gasteiger partial charge in [-0.15, -0.1) is 0 Å². The Labute approximate surface area is 109 Å². The van der Waals surface area contributed by atoms with Crippen molar-refractivity contribution in [2.45, 2.75) is 6.42 Å². The average Bonchev–Trinajstić information content (AvgIpc) is 2.95. The maximum absolute atomic E-state index is 4.54. The van der Waals surface area contributed by atoms with Gasteiger partial charge in [0.05, 0.1) is 16.4 Å². The van der Waals surface area contributed by atoms with Crippen molar-refractivity contribution in [1.82, 2.24) is 14.8 Å². The Kier molecular flexibility index (Phi) is 2.98. The third-order valence-electron chi connectivity index (χ3n) is 2.74. The quantitative estimate of drug-likeness (QED) is 0.782. The normalized spacial score (nSPS) is 10.9. The second-order valence-corrected chi connectivity index (χ2v) is 5.22. The first-order chi connectivity index (χ1) is 8.81. The number of rotatable bonds is 4. The molecule has 0 aliphatic carbocycles. The predicted octanol–water partition coefficient (Wildman–Crippen LogP) is 2.68. The lowest BCUT2D eigenvalue weighted by molar-refractivity contribution is 0.767. The summed E-state index contributed by atoms with van der Waals surface area (Å²) in [5.74, 6) is 0. The minimum Gasteiger partial charge on any atom is -0.361 e. The van der Waals surface area contributed by atoms with E-state index in [9.17, 15) is 0 Å². The van der Waals surface area contributed by atoms with E-state index < -0.39 is 0 Å². The fourth-order valence-corrected chi connectivity index (χ4v) is 2.75. The summed E-state index contributed by atoms with van der Waals surface area (Å²) in [6.45, 7) is 0.880. The lowest BCUT2D eigenvalue weighted by Crippen LogP contribution is -2.03. The summed E-state index contributed by atoms with van der Waals surface area (Å²) in [5.41, 5.74) is 2.30. The van der Waals surface area contributed by atoms with Gasteiger partial charge >= 0.3 is 0 Å². The minimum absolute atomic E-state index is 0.880. The Morgan fingerprint density at radius 2 is 2.22 bits per heavy atom. The summed E-state index contributed by atoms with van der Waals surface area (Å²) in [6, 6.07) is 8.19. The fraction of sp³-hybridized carbons (Fsp3) is 0.231. The van der Waals surface area contributed by atoms with E-state index in [1.165, 1.54) is 10.3 Å². The van der Waals surface area contributed by atoms with E-state index in [1.54, 1.807) is 11.3 Å². The molecule has 2 heterocycles. The standard InChI is InChI=1S/C13H14N4S/c1-17-9-10(8-15-17)6-7-14-13-16-11-4-2-3-5-12(11)18-13/h2-5,8-9H,6-7H2,1H3,(H,14,16). The molecule has 92 valence electrons. The fourth-order valence-electron chi connectivity index (χ4n) is 1.86. The van der Waals surface area contributed by atoms with E-state index in [0.29, 0.717) is 0 Å². The van der Waals surface area contributed by atoms with Gasteiger partial charge in [0.25, 0.3) is 0 Å². The Balaban J connectivity index is 1.62. The number of fused-ring (bicyclic) bond motifs is 1. The molecule has 0 saturated heterocycles. The molecule has 3 aromatic rings. The molecule has 0 atom stereocenters. The molecule has 3 rings (SSSR count). The van der Waals surface area contributed by atoms with Gasteiger partial charge in [-0.25, -0.2) is 4.98 Å². The van der Waals surface area contributed by atoms with Crippen molar-refractivity contribution in [2.24, 2.45) is 7.05 Å². The summed E-state index contributed by atoms with van der Waals surface area (Å²) in [6.07, 6.45) is 4.91. The molecule has 5 heteroatoms. The van der Waals surface area contributed by atoms with E-state index in [4.69, 9.17) is 0 Å². The second-order valence-electron chi connectivity index (χ2n) is 4.19. The van der Waals surface area contributed by atoms with Gasteiger partial charge in [-0.05, 0) is 24.1 Å². The first-order valence-corrected chi connectivity index (χ1v) is 6.70. The van der Waals surface area contributed by atoms with Crippen LogP contribution in [0.25, 0.3) is 10.2 Å². The minimum atomic E-state index is 0.880. The van der Waals surface area contributed by atoms with E-state index >= 15 is 0 Å². The summed E-state index contributed by atoms with van der Waals surface area (Å²) in [7, 11) is 1.93. The van der Waals surface area contributed by atoms with Crippen molar-refractivity contribution >= 4 is 26.7 Å². The van der Waals surface area contributed by atoms with E-state index in [-0.39, 0.29) is 0 Å². The first-order valence-electron chi connectivity index (χ1n) is 5.88. The highest BCUT2D eigenvalue weighted by Crippen LogP contribution is 2.25. The van der Waals surface area contributed by atoms with Crippen LogP contribution in [0.1, 0.15) is 5.56 Å². The molecule has 0 saturated carbocycles. The zero-order chi connectivity index (χ0) is 12.4. The summed E-state index contributed by atoms with van der Waals surface area (Å²) >= 11 is 1.69. The number of hydrogen-bond acceptors (Lipinski definition) is 4. The van der Waals surface area contributed by atoms with Gasteiger partial charge in [0.15, 0.2) is 5.13 Å². The molecule has 1 N–H and O–H groups in total. The number of para-hydroxylation sites is 1. The van der Waals surface area contributed by atoms with E-state index in [1.807, 2.05) is 42.3 Å². The van der Waals surface area contributed by atoms with Crippen molar-refractivity contribution in [3.8, 4) is 0 Å². The van der Waals surface area contributed by atoms with Gasteiger partial charge in [-0.1, -0.05) is 23.5 Å². The molecular formula is C13H14N4S.